The molecule has 0 saturated heterocycles. The summed E-state index contributed by atoms with van der Waals surface area (Å²) in [6, 6.07) is 13.2. The number of aromatic hydroxyl groups is 1. The van der Waals surface area contributed by atoms with Crippen molar-refractivity contribution in [2.24, 2.45) is 10.2 Å². The molecule has 0 radical (unpaired) electrons. The van der Waals surface area contributed by atoms with Gasteiger partial charge in [0.15, 0.2) is 5.75 Å². The van der Waals surface area contributed by atoms with Crippen LogP contribution in [-0.4, -0.2) is 43.5 Å². The highest BCUT2D eigenvalue weighted by Crippen LogP contribution is 2.46. The highest BCUT2D eigenvalue weighted by atomic mass is 35.5. The molecule has 0 bridgehead atoms. The Morgan fingerprint density at radius 1 is 0.841 bits per heavy atom. The SMILES string of the molecule is O=S(=O)(O)c1cccc2c(SOOO)c(N=Nc3c(SOOO)cc4cc(Nc5nc(Cl)nc(Cl)n5)ccc4c3O)ccc12. The predicted octanol–water partition coefficient (Wildman–Crippen LogP) is 7.45. The molecule has 0 saturated carbocycles. The molecule has 5 rings (SSSR count). The van der Waals surface area contributed by atoms with Crippen LogP contribution in [0, 0.1) is 0 Å². The van der Waals surface area contributed by atoms with Crippen molar-refractivity contribution < 1.29 is 47.3 Å². The van der Waals surface area contributed by atoms with Crippen LogP contribution in [0.3, 0.4) is 0 Å². The van der Waals surface area contributed by atoms with Crippen LogP contribution in [0.15, 0.2) is 79.5 Å². The minimum atomic E-state index is -4.59. The second-order valence-electron chi connectivity index (χ2n) is 8.22. The summed E-state index contributed by atoms with van der Waals surface area (Å²) in [6.07, 6.45) is 0. The smallest absolute Gasteiger partial charge is 0.295 e. The summed E-state index contributed by atoms with van der Waals surface area (Å²) in [5.41, 5.74) is 0.447. The molecule has 5 N–H and O–H groups in total. The van der Waals surface area contributed by atoms with Crippen LogP contribution in [0.1, 0.15) is 0 Å². The second-order valence-corrected chi connectivity index (χ2v) is 11.7. The summed E-state index contributed by atoms with van der Waals surface area (Å²) in [7, 11) is -4.59. The minimum Gasteiger partial charge on any atom is -0.505 e. The molecule has 0 amide bonds. The average molecular weight is 702 g/mol. The first-order valence-electron chi connectivity index (χ1n) is 11.5. The number of hydrogen-bond acceptors (Lipinski definition) is 17. The third kappa shape index (κ3) is 7.10. The maximum atomic E-state index is 11.9. The largest absolute Gasteiger partial charge is 0.505 e. The van der Waals surface area contributed by atoms with Gasteiger partial charge in [-0.05, 0) is 65.0 Å². The lowest BCUT2D eigenvalue weighted by molar-refractivity contribution is -0.432. The van der Waals surface area contributed by atoms with Crippen molar-refractivity contribution in [3.05, 3.63) is 65.2 Å². The van der Waals surface area contributed by atoms with Crippen molar-refractivity contribution in [3.63, 3.8) is 0 Å². The Hall–Kier alpha value is -3.44. The van der Waals surface area contributed by atoms with E-state index in [2.05, 4.69) is 49.2 Å². The third-order valence-corrected chi connectivity index (χ3v) is 8.27. The van der Waals surface area contributed by atoms with Gasteiger partial charge in [-0.2, -0.15) is 23.4 Å². The van der Waals surface area contributed by atoms with Crippen molar-refractivity contribution >= 4 is 102 Å². The minimum absolute atomic E-state index is 0.0685. The van der Waals surface area contributed by atoms with E-state index >= 15 is 0 Å². The number of hydrogen-bond donors (Lipinski definition) is 5. The summed E-state index contributed by atoms with van der Waals surface area (Å²) in [5, 5.41) is 48.2. The number of nitrogens with one attached hydrogen (secondary N) is 1. The zero-order valence-corrected chi connectivity index (χ0v) is 25.1. The van der Waals surface area contributed by atoms with E-state index in [-0.39, 0.29) is 59.1 Å². The van der Waals surface area contributed by atoms with E-state index in [4.69, 9.17) is 33.7 Å². The first-order valence-corrected chi connectivity index (χ1v) is 15.1. The monoisotopic (exact) mass is 700 g/mol. The highest BCUT2D eigenvalue weighted by Gasteiger charge is 2.20. The van der Waals surface area contributed by atoms with Crippen molar-refractivity contribution in [2.75, 3.05) is 5.32 Å². The van der Waals surface area contributed by atoms with Gasteiger partial charge in [0.2, 0.25) is 16.5 Å². The number of phenolic OH excluding ortho intramolecular Hbond substituents is 1. The van der Waals surface area contributed by atoms with E-state index in [1.807, 2.05) is 0 Å². The van der Waals surface area contributed by atoms with Gasteiger partial charge in [-0.15, -0.1) is 18.9 Å². The lowest BCUT2D eigenvalue weighted by atomic mass is 10.1. The van der Waals surface area contributed by atoms with Crippen LogP contribution in [0.25, 0.3) is 21.5 Å². The molecule has 0 aliphatic carbocycles. The molecule has 4 aromatic carbocycles. The Morgan fingerprint density at radius 2 is 1.55 bits per heavy atom. The fourth-order valence-electron chi connectivity index (χ4n) is 3.99. The molecular weight excluding hydrogens is 687 g/mol. The number of aromatic nitrogens is 3. The maximum Gasteiger partial charge on any atom is 0.295 e. The Bertz CT molecular complexity index is 2000. The van der Waals surface area contributed by atoms with Crippen molar-refractivity contribution in [1.82, 2.24) is 15.0 Å². The summed E-state index contributed by atoms with van der Waals surface area (Å²) < 4.78 is 42.6. The van der Waals surface area contributed by atoms with Crippen LogP contribution in [0.5, 0.6) is 5.75 Å². The number of benzene rings is 4. The summed E-state index contributed by atoms with van der Waals surface area (Å²) in [4.78, 5) is 11.4. The first kappa shape index (κ1) is 32.0. The molecular formula is C23H14Cl2N6O10S3. The van der Waals surface area contributed by atoms with Crippen LogP contribution in [0.2, 0.25) is 10.6 Å². The van der Waals surface area contributed by atoms with Crippen LogP contribution >= 0.6 is 47.3 Å². The molecule has 21 heteroatoms. The molecule has 44 heavy (non-hydrogen) atoms. The van der Waals surface area contributed by atoms with E-state index in [0.29, 0.717) is 40.5 Å². The summed E-state index contributed by atoms with van der Waals surface area (Å²) in [5.74, 6) is -0.273. The molecule has 0 spiro atoms. The van der Waals surface area contributed by atoms with Gasteiger partial charge < -0.3 is 10.4 Å². The molecule has 1 heterocycles. The Kier molecular flexibility index (Phi) is 9.94. The van der Waals surface area contributed by atoms with Gasteiger partial charge in [0, 0.05) is 21.8 Å². The van der Waals surface area contributed by atoms with E-state index in [9.17, 15) is 18.1 Å². The van der Waals surface area contributed by atoms with Crippen LogP contribution in [0.4, 0.5) is 23.0 Å². The molecule has 0 fully saturated rings. The average Bonchev–Trinajstić information content (AvgIpc) is 2.97. The van der Waals surface area contributed by atoms with Gasteiger partial charge in [-0.25, -0.2) is 10.5 Å². The predicted molar refractivity (Wildman–Crippen MR) is 158 cm³/mol. The summed E-state index contributed by atoms with van der Waals surface area (Å²) in [6.45, 7) is 0. The molecule has 228 valence electrons. The van der Waals surface area contributed by atoms with Gasteiger partial charge in [-0.1, -0.05) is 28.3 Å². The number of rotatable bonds is 11. The van der Waals surface area contributed by atoms with E-state index in [0.717, 1.165) is 0 Å². The number of anilines is 2. The summed E-state index contributed by atoms with van der Waals surface area (Å²) >= 11 is 12.6. The number of azo groups is 1. The van der Waals surface area contributed by atoms with Gasteiger partial charge >= 0.3 is 0 Å². The molecule has 16 nitrogen and oxygen atoms in total. The molecule has 0 aliphatic heterocycles. The fourth-order valence-corrected chi connectivity index (χ4v) is 6.11. The van der Waals surface area contributed by atoms with Crippen LogP contribution < -0.4 is 5.32 Å². The number of nitrogens with zero attached hydrogens (tertiary/aromatic N) is 5. The second kappa shape index (κ2) is 13.7. The zero-order valence-electron chi connectivity index (χ0n) is 21.2. The van der Waals surface area contributed by atoms with Gasteiger partial charge in [0.05, 0.1) is 33.9 Å². The van der Waals surface area contributed by atoms with E-state index in [1.54, 1.807) is 24.3 Å². The lowest BCUT2D eigenvalue weighted by Crippen LogP contribution is -1.99. The van der Waals surface area contributed by atoms with Gasteiger partial charge in [0.25, 0.3) is 10.1 Å². The lowest BCUT2D eigenvalue weighted by Gasteiger charge is -2.12. The quantitative estimate of drug-likeness (QED) is 0.0296. The maximum absolute atomic E-state index is 11.9. The first-order chi connectivity index (χ1) is 21.1. The molecule has 5 aromatic rings. The molecule has 0 aliphatic rings. The van der Waals surface area contributed by atoms with Gasteiger partial charge in [0.1, 0.15) is 16.3 Å². The molecule has 1 aromatic heterocycles. The number of halogens is 2. The highest BCUT2D eigenvalue weighted by molar-refractivity contribution is 7.95. The van der Waals surface area contributed by atoms with Gasteiger partial charge in [-0.3, -0.25) is 4.55 Å². The molecule has 0 unspecified atom stereocenters. The topological polar surface area (TPSA) is 227 Å². The number of phenols is 1. The van der Waals surface area contributed by atoms with Crippen LogP contribution in [-0.2, 0) is 28.9 Å². The number of fused-ring (bicyclic) bond motifs is 2. The Balaban J connectivity index is 1.59. The Labute approximate surface area is 264 Å². The normalized spacial score (nSPS) is 12.0. The van der Waals surface area contributed by atoms with E-state index in [1.165, 1.54) is 30.3 Å². The van der Waals surface area contributed by atoms with E-state index < -0.39 is 10.1 Å². The van der Waals surface area contributed by atoms with Crippen molar-refractivity contribution in [3.8, 4) is 5.75 Å². The zero-order chi connectivity index (χ0) is 31.4. The van der Waals surface area contributed by atoms with Crippen molar-refractivity contribution in [2.45, 2.75) is 14.7 Å². The molecule has 0 atom stereocenters. The Morgan fingerprint density at radius 3 is 2.25 bits per heavy atom. The van der Waals surface area contributed by atoms with Crippen molar-refractivity contribution in [1.29, 1.82) is 0 Å². The fraction of sp³-hybridized carbons (Fsp3) is 0. The third-order valence-electron chi connectivity index (χ3n) is 5.68. The standard InChI is InChI=1S/C23H14Cl2N6O10S3/c24-21-27-22(25)29-23(28-21)26-11-4-5-12-10(8-11)9-16(42-40-38-33)18(19(12)32)31-30-15-7-6-13-14(20(15)43-41-39-34)2-1-3-17(13)44(35,36)37/h1-9,32-34H,(H,35,36,37)(H,26,27,28,29).